The second-order valence-electron chi connectivity index (χ2n) is 8.48. The molecule has 0 aromatic heterocycles. The van der Waals surface area contributed by atoms with Gasteiger partial charge in [-0.25, -0.2) is 0 Å². The molecule has 3 rings (SSSR count). The Hall–Kier alpha value is -1.28. The molecule has 1 spiro atoms. The smallest absolute Gasteiger partial charge is 0.244 e. The minimum Gasteiger partial charge on any atom is -0.396 e. The number of nitrogens with zero attached hydrogens (tertiary/aromatic N) is 1. The number of unbranched alkanes of at least 4 members (excludes halogenated alkanes) is 4. The zero-order valence-corrected chi connectivity index (χ0v) is 18.4. The Bertz CT molecular complexity index is 631. The summed E-state index contributed by atoms with van der Waals surface area (Å²) in [7, 11) is 1.62. The van der Waals surface area contributed by atoms with Gasteiger partial charge in [0, 0.05) is 32.0 Å². The summed E-state index contributed by atoms with van der Waals surface area (Å²) in [6.45, 7) is 3.40. The number of carbonyl (C=O) groups is 3. The number of aliphatic hydroxyl groups is 1. The predicted molar refractivity (Wildman–Crippen MR) is 113 cm³/mol. The Morgan fingerprint density at radius 2 is 2.00 bits per heavy atom. The first kappa shape index (κ1) is 22.4. The summed E-state index contributed by atoms with van der Waals surface area (Å²) in [5.41, 5.74) is 0. The van der Waals surface area contributed by atoms with Crippen LogP contribution in [-0.2, 0) is 14.4 Å². The van der Waals surface area contributed by atoms with Crippen LogP contribution in [0.3, 0.4) is 0 Å². The van der Waals surface area contributed by atoms with Crippen LogP contribution in [0.15, 0.2) is 0 Å². The van der Waals surface area contributed by atoms with E-state index in [1.807, 2.05) is 0 Å². The molecule has 2 bridgehead atoms. The summed E-state index contributed by atoms with van der Waals surface area (Å²) in [6.07, 6.45) is 7.06. The standard InChI is InChI=1S/C21H35N3O4S/c1-3-4-6-11-23-19(27)17-21-10-9-14(29-21)15(18(26)22-2)16(21)20(28)24(17)12-7-5-8-13-25/h14-17,25H,3-13H2,1-2H3,(H,22,26)(H,23,27)/t14-,15+,16+,17?,21?/m1/s1. The molecule has 7 nitrogen and oxygen atoms in total. The van der Waals surface area contributed by atoms with Crippen molar-refractivity contribution < 1.29 is 19.5 Å². The van der Waals surface area contributed by atoms with Crippen LogP contribution in [-0.4, -0.2) is 70.5 Å². The first-order valence-electron chi connectivity index (χ1n) is 11.1. The molecule has 3 fully saturated rings. The molecular formula is C21H35N3O4S. The van der Waals surface area contributed by atoms with E-state index in [2.05, 4.69) is 17.6 Å². The van der Waals surface area contributed by atoms with Gasteiger partial charge in [-0.1, -0.05) is 19.8 Å². The lowest BCUT2D eigenvalue weighted by atomic mass is 9.71. The van der Waals surface area contributed by atoms with Gasteiger partial charge in [0.15, 0.2) is 0 Å². The van der Waals surface area contributed by atoms with Crippen molar-refractivity contribution in [3.63, 3.8) is 0 Å². The number of aliphatic hydroxyl groups excluding tert-OH is 1. The van der Waals surface area contributed by atoms with E-state index in [1.54, 1.807) is 23.7 Å². The van der Waals surface area contributed by atoms with Gasteiger partial charge >= 0.3 is 0 Å². The van der Waals surface area contributed by atoms with E-state index < -0.39 is 16.7 Å². The minimum atomic E-state index is -0.500. The van der Waals surface area contributed by atoms with Crippen LogP contribution in [0.2, 0.25) is 0 Å². The molecule has 3 N–H and O–H groups in total. The number of carbonyl (C=O) groups excluding carboxylic acids is 3. The molecule has 164 valence electrons. The highest BCUT2D eigenvalue weighted by Crippen LogP contribution is 2.66. The number of hydrogen-bond acceptors (Lipinski definition) is 5. The maximum Gasteiger partial charge on any atom is 0.244 e. The molecule has 0 saturated carbocycles. The topological polar surface area (TPSA) is 98.7 Å². The van der Waals surface area contributed by atoms with E-state index in [-0.39, 0.29) is 35.5 Å². The van der Waals surface area contributed by atoms with E-state index in [1.165, 1.54) is 0 Å². The fourth-order valence-electron chi connectivity index (χ4n) is 5.41. The van der Waals surface area contributed by atoms with Crippen molar-refractivity contribution in [3.8, 4) is 0 Å². The average molecular weight is 426 g/mol. The van der Waals surface area contributed by atoms with Crippen molar-refractivity contribution in [1.82, 2.24) is 15.5 Å². The first-order chi connectivity index (χ1) is 14.0. The van der Waals surface area contributed by atoms with E-state index in [0.717, 1.165) is 44.9 Å². The van der Waals surface area contributed by atoms with E-state index >= 15 is 0 Å². The van der Waals surface area contributed by atoms with E-state index in [4.69, 9.17) is 5.11 Å². The Labute approximate surface area is 177 Å². The minimum absolute atomic E-state index is 0.0361. The summed E-state index contributed by atoms with van der Waals surface area (Å²) in [6, 6.07) is -0.500. The number of rotatable bonds is 11. The Morgan fingerprint density at radius 1 is 1.21 bits per heavy atom. The van der Waals surface area contributed by atoms with Gasteiger partial charge in [-0.2, -0.15) is 0 Å². The number of amides is 3. The molecule has 3 saturated heterocycles. The quantitative estimate of drug-likeness (QED) is 0.433. The van der Waals surface area contributed by atoms with Crippen LogP contribution in [0.5, 0.6) is 0 Å². The number of likely N-dealkylation sites (tertiary alicyclic amines) is 1. The highest BCUT2D eigenvalue weighted by atomic mass is 32.2. The number of fused-ring (bicyclic) bond motifs is 1. The highest BCUT2D eigenvalue weighted by molar-refractivity contribution is 8.02. The van der Waals surface area contributed by atoms with Gasteiger partial charge in [0.25, 0.3) is 0 Å². The van der Waals surface area contributed by atoms with Crippen molar-refractivity contribution in [2.75, 3.05) is 26.7 Å². The van der Waals surface area contributed by atoms with Gasteiger partial charge in [0.2, 0.25) is 17.7 Å². The van der Waals surface area contributed by atoms with Crippen molar-refractivity contribution >= 4 is 29.5 Å². The number of nitrogens with one attached hydrogen (secondary N) is 2. The van der Waals surface area contributed by atoms with Crippen molar-refractivity contribution in [2.45, 2.75) is 74.3 Å². The lowest BCUT2D eigenvalue weighted by molar-refractivity contribution is -0.140. The molecule has 3 heterocycles. The van der Waals surface area contributed by atoms with E-state index in [9.17, 15) is 14.4 Å². The molecule has 0 radical (unpaired) electrons. The molecule has 0 aliphatic carbocycles. The maximum atomic E-state index is 13.5. The zero-order chi connectivity index (χ0) is 21.0. The average Bonchev–Trinajstić information content (AvgIpc) is 3.35. The lowest BCUT2D eigenvalue weighted by Crippen LogP contribution is -2.53. The Morgan fingerprint density at radius 3 is 2.69 bits per heavy atom. The molecule has 0 aromatic carbocycles. The van der Waals surface area contributed by atoms with Crippen molar-refractivity contribution in [2.24, 2.45) is 11.8 Å². The van der Waals surface area contributed by atoms with Crippen molar-refractivity contribution in [1.29, 1.82) is 0 Å². The maximum absolute atomic E-state index is 13.5. The first-order valence-corrected chi connectivity index (χ1v) is 12.0. The third kappa shape index (κ3) is 4.02. The van der Waals surface area contributed by atoms with Crippen LogP contribution in [0.4, 0.5) is 0 Å². The van der Waals surface area contributed by atoms with Crippen molar-refractivity contribution in [3.05, 3.63) is 0 Å². The third-order valence-corrected chi connectivity index (χ3v) is 8.69. The normalized spacial score (nSPS) is 32.5. The van der Waals surface area contributed by atoms with Gasteiger partial charge in [0.05, 0.1) is 16.6 Å². The molecular weight excluding hydrogens is 390 g/mol. The molecule has 2 unspecified atom stereocenters. The van der Waals surface area contributed by atoms with Gasteiger partial charge in [0.1, 0.15) is 6.04 Å². The third-order valence-electron chi connectivity index (χ3n) is 6.73. The SMILES string of the molecule is CCCCCNC(=O)C1N(CCCCCO)C(=O)[C@@H]2[C@@H](C(=O)NC)[C@H]3CCC12S3. The highest BCUT2D eigenvalue weighted by Gasteiger charge is 2.73. The van der Waals surface area contributed by atoms with Gasteiger partial charge in [-0.05, 0) is 38.5 Å². The molecule has 0 aromatic rings. The second-order valence-corrected chi connectivity index (χ2v) is 10.1. The molecule has 3 amide bonds. The predicted octanol–water partition coefficient (Wildman–Crippen LogP) is 1.29. The number of thioether (sulfide) groups is 1. The van der Waals surface area contributed by atoms with Crippen LogP contribution in [0, 0.1) is 11.8 Å². The van der Waals surface area contributed by atoms with Crippen LogP contribution < -0.4 is 10.6 Å². The molecule has 8 heteroatoms. The molecule has 3 aliphatic heterocycles. The second kappa shape index (κ2) is 9.69. The molecule has 5 atom stereocenters. The van der Waals surface area contributed by atoms with Gasteiger partial charge in [-0.15, -0.1) is 11.8 Å². The Balaban J connectivity index is 1.82. The molecule has 3 aliphatic rings. The Kier molecular flexibility index (Phi) is 7.48. The zero-order valence-electron chi connectivity index (χ0n) is 17.6. The van der Waals surface area contributed by atoms with Gasteiger partial charge < -0.3 is 20.6 Å². The van der Waals surface area contributed by atoms with Gasteiger partial charge in [-0.3, -0.25) is 14.4 Å². The van der Waals surface area contributed by atoms with Crippen LogP contribution >= 0.6 is 11.8 Å². The summed E-state index contributed by atoms with van der Waals surface area (Å²) < 4.78 is -0.481. The number of hydrogen-bond donors (Lipinski definition) is 3. The van der Waals surface area contributed by atoms with Crippen LogP contribution in [0.1, 0.15) is 58.3 Å². The fourth-order valence-corrected chi connectivity index (χ4v) is 7.63. The molecule has 29 heavy (non-hydrogen) atoms. The summed E-state index contributed by atoms with van der Waals surface area (Å²) in [4.78, 5) is 41.1. The van der Waals surface area contributed by atoms with Crippen LogP contribution in [0.25, 0.3) is 0 Å². The lowest BCUT2D eigenvalue weighted by Gasteiger charge is -2.34. The monoisotopic (exact) mass is 425 g/mol. The summed E-state index contributed by atoms with van der Waals surface area (Å²) in [5, 5.41) is 15.0. The fraction of sp³-hybridized carbons (Fsp3) is 0.857. The van der Waals surface area contributed by atoms with E-state index in [0.29, 0.717) is 19.5 Å². The summed E-state index contributed by atoms with van der Waals surface area (Å²) >= 11 is 1.71. The summed E-state index contributed by atoms with van der Waals surface area (Å²) in [5.74, 6) is -0.929. The largest absolute Gasteiger partial charge is 0.396 e.